The van der Waals surface area contributed by atoms with Crippen LogP contribution in [0, 0.1) is 0 Å². The summed E-state index contributed by atoms with van der Waals surface area (Å²) in [4.78, 5) is 0. The molecule has 0 fully saturated rings. The number of hydrogen-bond acceptors (Lipinski definition) is 3. The highest BCUT2D eigenvalue weighted by Crippen LogP contribution is 2.31. The minimum Gasteiger partial charge on any atom is -0.394 e. The predicted molar refractivity (Wildman–Crippen MR) is 71.1 cm³/mol. The normalized spacial score (nSPS) is 11.7. The summed E-state index contributed by atoms with van der Waals surface area (Å²) in [6.45, 7) is 6.21. The zero-order valence-corrected chi connectivity index (χ0v) is 10.4. The largest absolute Gasteiger partial charge is 0.394 e. The summed E-state index contributed by atoms with van der Waals surface area (Å²) >= 11 is 0. The molecule has 0 saturated carbocycles. The Morgan fingerprint density at radius 2 is 1.65 bits per heavy atom. The first-order chi connectivity index (χ1) is 7.91. The van der Waals surface area contributed by atoms with E-state index in [9.17, 15) is 0 Å². The van der Waals surface area contributed by atoms with Gasteiger partial charge in [0.15, 0.2) is 5.82 Å². The van der Waals surface area contributed by atoms with E-state index in [1.54, 1.807) is 4.68 Å². The van der Waals surface area contributed by atoms with Gasteiger partial charge in [0.1, 0.15) is 0 Å². The maximum atomic E-state index is 6.02. The van der Waals surface area contributed by atoms with Crippen LogP contribution in [0.25, 0.3) is 5.69 Å². The standard InChI is InChI=1S/C13H18N4/c1-13(2,3)11-10(14)12(15)17(16-11)9-7-5-4-6-8-9/h4-8H,14-15H2,1-3H3. The molecule has 2 aromatic rings. The molecule has 0 aliphatic rings. The molecule has 0 atom stereocenters. The van der Waals surface area contributed by atoms with Crippen LogP contribution in [-0.4, -0.2) is 9.78 Å². The van der Waals surface area contributed by atoms with E-state index in [1.807, 2.05) is 30.3 Å². The molecule has 4 nitrogen and oxygen atoms in total. The van der Waals surface area contributed by atoms with E-state index in [0.717, 1.165) is 11.4 Å². The maximum Gasteiger partial charge on any atom is 0.150 e. The van der Waals surface area contributed by atoms with Crippen molar-refractivity contribution in [1.29, 1.82) is 0 Å². The summed E-state index contributed by atoms with van der Waals surface area (Å²) in [7, 11) is 0. The summed E-state index contributed by atoms with van der Waals surface area (Å²) < 4.78 is 1.69. The Hall–Kier alpha value is -1.97. The molecule has 4 N–H and O–H groups in total. The van der Waals surface area contributed by atoms with Gasteiger partial charge in [0.05, 0.1) is 17.1 Å². The number of hydrogen-bond donors (Lipinski definition) is 2. The fraction of sp³-hybridized carbons (Fsp3) is 0.308. The Labute approximate surface area is 101 Å². The minimum atomic E-state index is -0.113. The lowest BCUT2D eigenvalue weighted by Crippen LogP contribution is -2.14. The van der Waals surface area contributed by atoms with E-state index in [0.29, 0.717) is 11.5 Å². The average molecular weight is 230 g/mol. The average Bonchev–Trinajstić information content (AvgIpc) is 2.57. The molecule has 90 valence electrons. The van der Waals surface area contributed by atoms with E-state index in [1.165, 1.54) is 0 Å². The molecule has 0 aliphatic carbocycles. The molecule has 1 heterocycles. The van der Waals surface area contributed by atoms with Gasteiger partial charge in [0, 0.05) is 5.41 Å². The Bertz CT molecular complexity index is 520. The molecule has 0 aliphatic heterocycles. The smallest absolute Gasteiger partial charge is 0.150 e. The van der Waals surface area contributed by atoms with Crippen LogP contribution in [0.15, 0.2) is 30.3 Å². The molecule has 4 heteroatoms. The molecule has 17 heavy (non-hydrogen) atoms. The van der Waals surface area contributed by atoms with Crippen molar-refractivity contribution in [3.8, 4) is 5.69 Å². The van der Waals surface area contributed by atoms with Crippen molar-refractivity contribution in [1.82, 2.24) is 9.78 Å². The van der Waals surface area contributed by atoms with Crippen LogP contribution < -0.4 is 11.5 Å². The molecule has 0 amide bonds. The van der Waals surface area contributed by atoms with Crippen molar-refractivity contribution in [3.05, 3.63) is 36.0 Å². The van der Waals surface area contributed by atoms with Gasteiger partial charge >= 0.3 is 0 Å². The molecule has 0 saturated heterocycles. The van der Waals surface area contributed by atoms with Gasteiger partial charge in [-0.1, -0.05) is 39.0 Å². The third kappa shape index (κ3) is 1.98. The van der Waals surface area contributed by atoms with Gasteiger partial charge in [0.2, 0.25) is 0 Å². The topological polar surface area (TPSA) is 69.9 Å². The highest BCUT2D eigenvalue weighted by atomic mass is 15.3. The number of nitrogen functional groups attached to an aromatic ring is 2. The van der Waals surface area contributed by atoms with Gasteiger partial charge in [-0.25, -0.2) is 4.68 Å². The lowest BCUT2D eigenvalue weighted by molar-refractivity contribution is 0.562. The Balaban J connectivity index is 2.59. The molecule has 0 radical (unpaired) electrons. The Morgan fingerprint density at radius 1 is 1.06 bits per heavy atom. The molecular weight excluding hydrogens is 212 g/mol. The summed E-state index contributed by atoms with van der Waals surface area (Å²) in [5.74, 6) is 0.501. The second kappa shape index (κ2) is 3.80. The summed E-state index contributed by atoms with van der Waals surface area (Å²) in [6, 6.07) is 9.76. The molecular formula is C13H18N4. The van der Waals surface area contributed by atoms with Crippen molar-refractivity contribution in [2.75, 3.05) is 11.5 Å². The number of para-hydroxylation sites is 1. The second-order valence-corrected chi connectivity index (χ2v) is 5.14. The van der Waals surface area contributed by atoms with E-state index >= 15 is 0 Å². The number of aromatic nitrogens is 2. The second-order valence-electron chi connectivity index (χ2n) is 5.14. The van der Waals surface area contributed by atoms with Crippen LogP contribution in [-0.2, 0) is 5.41 Å². The van der Waals surface area contributed by atoms with Gasteiger partial charge in [-0.15, -0.1) is 0 Å². The summed E-state index contributed by atoms with van der Waals surface area (Å²) in [5, 5.41) is 4.52. The van der Waals surface area contributed by atoms with Crippen LogP contribution in [0.4, 0.5) is 11.5 Å². The van der Waals surface area contributed by atoms with Gasteiger partial charge in [-0.3, -0.25) is 0 Å². The number of benzene rings is 1. The Morgan fingerprint density at radius 3 is 2.12 bits per heavy atom. The Kier molecular flexibility index (Phi) is 2.58. The maximum absolute atomic E-state index is 6.02. The van der Waals surface area contributed by atoms with E-state index < -0.39 is 0 Å². The van der Waals surface area contributed by atoms with Crippen molar-refractivity contribution in [2.24, 2.45) is 0 Å². The van der Waals surface area contributed by atoms with Gasteiger partial charge < -0.3 is 11.5 Å². The van der Waals surface area contributed by atoms with Crippen molar-refractivity contribution in [3.63, 3.8) is 0 Å². The quantitative estimate of drug-likeness (QED) is 0.790. The van der Waals surface area contributed by atoms with Crippen LogP contribution in [0.3, 0.4) is 0 Å². The minimum absolute atomic E-state index is 0.113. The molecule has 0 bridgehead atoms. The molecule has 2 rings (SSSR count). The molecule has 0 unspecified atom stereocenters. The van der Waals surface area contributed by atoms with Gasteiger partial charge in [0.25, 0.3) is 0 Å². The first-order valence-corrected chi connectivity index (χ1v) is 5.61. The lowest BCUT2D eigenvalue weighted by Gasteiger charge is -2.15. The summed E-state index contributed by atoms with van der Waals surface area (Å²) in [6.07, 6.45) is 0. The van der Waals surface area contributed by atoms with E-state index in [2.05, 4.69) is 25.9 Å². The van der Waals surface area contributed by atoms with Crippen LogP contribution >= 0.6 is 0 Å². The number of nitrogens with zero attached hydrogens (tertiary/aromatic N) is 2. The molecule has 0 spiro atoms. The zero-order chi connectivity index (χ0) is 12.6. The summed E-state index contributed by atoms with van der Waals surface area (Å²) in [5.41, 5.74) is 14.2. The predicted octanol–water partition coefficient (Wildman–Crippen LogP) is 2.33. The van der Waals surface area contributed by atoms with Crippen molar-refractivity contribution >= 4 is 11.5 Å². The van der Waals surface area contributed by atoms with Crippen molar-refractivity contribution in [2.45, 2.75) is 26.2 Å². The molecule has 1 aromatic carbocycles. The van der Waals surface area contributed by atoms with Crippen LogP contribution in [0.2, 0.25) is 0 Å². The van der Waals surface area contributed by atoms with Gasteiger partial charge in [-0.2, -0.15) is 5.10 Å². The van der Waals surface area contributed by atoms with Gasteiger partial charge in [-0.05, 0) is 12.1 Å². The number of anilines is 2. The third-order valence-corrected chi connectivity index (χ3v) is 2.67. The van der Waals surface area contributed by atoms with E-state index in [4.69, 9.17) is 11.5 Å². The van der Waals surface area contributed by atoms with Crippen molar-refractivity contribution < 1.29 is 0 Å². The number of rotatable bonds is 1. The number of nitrogens with two attached hydrogens (primary N) is 2. The van der Waals surface area contributed by atoms with Crippen LogP contribution in [0.1, 0.15) is 26.5 Å². The van der Waals surface area contributed by atoms with Crippen LogP contribution in [0.5, 0.6) is 0 Å². The highest BCUT2D eigenvalue weighted by molar-refractivity contribution is 5.66. The first-order valence-electron chi connectivity index (χ1n) is 5.61. The molecule has 1 aromatic heterocycles. The fourth-order valence-corrected chi connectivity index (χ4v) is 1.76. The highest BCUT2D eigenvalue weighted by Gasteiger charge is 2.24. The third-order valence-electron chi connectivity index (χ3n) is 2.67. The zero-order valence-electron chi connectivity index (χ0n) is 10.4. The fourth-order valence-electron chi connectivity index (χ4n) is 1.76. The monoisotopic (exact) mass is 230 g/mol. The SMILES string of the molecule is CC(C)(C)c1nn(-c2ccccc2)c(N)c1N. The van der Waals surface area contributed by atoms with E-state index in [-0.39, 0.29) is 5.41 Å². The lowest BCUT2D eigenvalue weighted by atomic mass is 9.91. The first kappa shape index (κ1) is 11.5.